The summed E-state index contributed by atoms with van der Waals surface area (Å²) in [5.74, 6) is 0.908. The zero-order chi connectivity index (χ0) is 35.2. The molecular weight excluding hydrogens is 664 g/mol. The number of aliphatic imine (C=N–C) groups is 1. The second kappa shape index (κ2) is 13.6. The molecule has 0 bridgehead atoms. The van der Waals surface area contributed by atoms with Gasteiger partial charge in [0.2, 0.25) is 0 Å². The Bertz CT molecular complexity index is 2000. The minimum Gasteiger partial charge on any atom is -0.496 e. The first-order valence-electron chi connectivity index (χ1n) is 16.8. The van der Waals surface area contributed by atoms with E-state index in [0.717, 1.165) is 51.4 Å². The Morgan fingerprint density at radius 1 is 1.06 bits per heavy atom. The first-order valence-corrected chi connectivity index (χ1v) is 17.7. The molecule has 9 nitrogen and oxygen atoms in total. The van der Waals surface area contributed by atoms with Crippen LogP contribution in [0.5, 0.6) is 5.75 Å². The molecule has 2 atom stereocenters. The molecule has 1 unspecified atom stereocenters. The largest absolute Gasteiger partial charge is 0.496 e. The lowest BCUT2D eigenvalue weighted by molar-refractivity contribution is -0.137. The number of ether oxygens (including phenoxy) is 1. The SMILES string of the molecule is COc1cc2c(cc1/P=C(\C)CC(C)N1CCN(C(=O)c3nc(-c4ccc(C(F)(F)F)cc4)n4ccccc34)CC1)N=C[C@@H]1CCCN1C2=O. The van der Waals surface area contributed by atoms with Gasteiger partial charge in [0.05, 0.1) is 35.5 Å². The summed E-state index contributed by atoms with van der Waals surface area (Å²) in [5, 5.41) is 2.22. The van der Waals surface area contributed by atoms with Crippen molar-refractivity contribution in [2.75, 3.05) is 39.8 Å². The van der Waals surface area contributed by atoms with Gasteiger partial charge >= 0.3 is 6.18 Å². The molecule has 0 saturated carbocycles. The molecule has 2 aromatic carbocycles. The summed E-state index contributed by atoms with van der Waals surface area (Å²) in [6.45, 7) is 7.54. The van der Waals surface area contributed by atoms with E-state index < -0.39 is 11.7 Å². The van der Waals surface area contributed by atoms with Crippen LogP contribution in [0.2, 0.25) is 0 Å². The number of hydrogen-bond acceptors (Lipinski definition) is 6. The maximum absolute atomic E-state index is 13.8. The molecule has 5 heterocycles. The number of nitrogens with zero attached hydrogens (tertiary/aromatic N) is 6. The first kappa shape index (κ1) is 33.9. The number of imidazole rings is 1. The van der Waals surface area contributed by atoms with Crippen LogP contribution in [0.1, 0.15) is 59.5 Å². The van der Waals surface area contributed by atoms with E-state index in [-0.39, 0.29) is 29.6 Å². The van der Waals surface area contributed by atoms with Crippen LogP contribution < -0.4 is 10.0 Å². The second-order valence-corrected chi connectivity index (χ2v) is 14.5. The van der Waals surface area contributed by atoms with Crippen molar-refractivity contribution in [2.24, 2.45) is 4.99 Å². The van der Waals surface area contributed by atoms with E-state index in [1.807, 2.05) is 29.3 Å². The fourth-order valence-corrected chi connectivity index (χ4v) is 8.36. The molecule has 260 valence electrons. The van der Waals surface area contributed by atoms with E-state index in [2.05, 4.69) is 23.7 Å². The van der Waals surface area contributed by atoms with Gasteiger partial charge in [0.25, 0.3) is 11.8 Å². The second-order valence-electron chi connectivity index (χ2n) is 13.1. The predicted octanol–water partition coefficient (Wildman–Crippen LogP) is 6.35. The zero-order valence-electron chi connectivity index (χ0n) is 28.2. The Morgan fingerprint density at radius 3 is 2.54 bits per heavy atom. The van der Waals surface area contributed by atoms with Crippen molar-refractivity contribution in [3.63, 3.8) is 0 Å². The molecule has 0 aliphatic carbocycles. The molecule has 0 spiro atoms. The monoisotopic (exact) mass is 702 g/mol. The number of rotatable bonds is 7. The molecule has 0 radical (unpaired) electrons. The number of methoxy groups -OCH3 is 1. The maximum atomic E-state index is 13.8. The molecule has 4 aromatic rings. The standard InChI is InChI=1S/C37H38F3N6O3P/c1-23(19-24(2)50-32-21-29-28(20-31(32)49-3)35(47)45-14-6-7-27(45)22-41-29)43-15-17-44(18-16-43)36(48)33-30-8-4-5-13-46(30)34(42-33)25-9-11-26(12-10-25)37(38,39)40/h4-5,8-13,20-23,27H,6-7,14-19H2,1-3H3/t23?,27-/m0/s1. The van der Waals surface area contributed by atoms with Crippen molar-refractivity contribution >= 4 is 48.0 Å². The topological polar surface area (TPSA) is 82.8 Å². The first-order chi connectivity index (χ1) is 24.0. The fraction of sp³-hybridized carbons (Fsp3) is 0.378. The summed E-state index contributed by atoms with van der Waals surface area (Å²) in [5.41, 5.74) is 1.92. The van der Waals surface area contributed by atoms with Crippen molar-refractivity contribution in [3.05, 3.63) is 77.6 Å². The van der Waals surface area contributed by atoms with E-state index in [4.69, 9.17) is 9.73 Å². The molecule has 2 saturated heterocycles. The van der Waals surface area contributed by atoms with Crippen molar-refractivity contribution in [3.8, 4) is 17.1 Å². The van der Waals surface area contributed by atoms with Crippen LogP contribution >= 0.6 is 8.20 Å². The van der Waals surface area contributed by atoms with E-state index in [1.54, 1.807) is 34.7 Å². The highest BCUT2D eigenvalue weighted by Crippen LogP contribution is 2.34. The van der Waals surface area contributed by atoms with Gasteiger partial charge in [0, 0.05) is 62.0 Å². The lowest BCUT2D eigenvalue weighted by Crippen LogP contribution is -2.51. The molecule has 13 heteroatoms. The summed E-state index contributed by atoms with van der Waals surface area (Å²) in [6, 6.07) is 14.4. The normalized spacial score (nSPS) is 19.0. The van der Waals surface area contributed by atoms with Crippen molar-refractivity contribution < 1.29 is 27.5 Å². The number of carbonyl (C=O) groups excluding carboxylic acids is 2. The van der Waals surface area contributed by atoms with Crippen molar-refractivity contribution in [1.82, 2.24) is 24.1 Å². The molecule has 7 rings (SSSR count). The quantitative estimate of drug-likeness (QED) is 0.210. The lowest BCUT2D eigenvalue weighted by Gasteiger charge is -2.38. The summed E-state index contributed by atoms with van der Waals surface area (Å²) >= 11 is 0. The Kier molecular flexibility index (Phi) is 9.26. The Labute approximate surface area is 290 Å². The minimum absolute atomic E-state index is 0.00847. The van der Waals surface area contributed by atoms with Crippen LogP contribution in [0, 0.1) is 0 Å². The number of amides is 2. The molecule has 0 N–H and O–H groups in total. The summed E-state index contributed by atoms with van der Waals surface area (Å²) in [6.07, 6.45) is 2.00. The van der Waals surface area contributed by atoms with Gasteiger partial charge in [-0.15, -0.1) is 0 Å². The fourth-order valence-electron chi connectivity index (χ4n) is 7.14. The number of halogens is 3. The molecular formula is C37H38F3N6O3P. The van der Waals surface area contributed by atoms with Crippen LogP contribution in [-0.2, 0) is 6.18 Å². The van der Waals surface area contributed by atoms with Crippen LogP contribution in [0.3, 0.4) is 0 Å². The average Bonchev–Trinajstić information content (AvgIpc) is 3.72. The molecule has 3 aliphatic heterocycles. The summed E-state index contributed by atoms with van der Waals surface area (Å²) in [4.78, 5) is 42.5. The van der Waals surface area contributed by atoms with Crippen molar-refractivity contribution in [2.45, 2.75) is 51.4 Å². The number of hydrogen-bond donors (Lipinski definition) is 0. The highest BCUT2D eigenvalue weighted by Gasteiger charge is 2.33. The molecule has 3 aliphatic rings. The van der Waals surface area contributed by atoms with Gasteiger partial charge in [0.15, 0.2) is 5.69 Å². The number of benzene rings is 2. The average molecular weight is 703 g/mol. The van der Waals surface area contributed by atoms with Crippen LogP contribution in [-0.4, -0.2) is 99.3 Å². The molecule has 2 aromatic heterocycles. The smallest absolute Gasteiger partial charge is 0.416 e. The zero-order valence-corrected chi connectivity index (χ0v) is 29.0. The van der Waals surface area contributed by atoms with Gasteiger partial charge in [-0.05, 0) is 74.8 Å². The lowest BCUT2D eigenvalue weighted by atomic mass is 10.1. The number of fused-ring (bicyclic) bond motifs is 3. The third-order valence-corrected chi connectivity index (χ3v) is 11.0. The molecule has 2 fully saturated rings. The van der Waals surface area contributed by atoms with Gasteiger partial charge in [-0.2, -0.15) is 13.2 Å². The Morgan fingerprint density at radius 2 is 1.82 bits per heavy atom. The third kappa shape index (κ3) is 6.54. The number of aromatic nitrogens is 2. The van der Waals surface area contributed by atoms with Crippen molar-refractivity contribution in [1.29, 1.82) is 0 Å². The third-order valence-electron chi connectivity index (χ3n) is 9.82. The van der Waals surface area contributed by atoms with E-state index in [0.29, 0.717) is 60.1 Å². The molecule has 2 amide bonds. The van der Waals surface area contributed by atoms with Crippen LogP contribution in [0.15, 0.2) is 65.8 Å². The number of carbonyl (C=O) groups is 2. The van der Waals surface area contributed by atoms with E-state index in [1.165, 1.54) is 17.4 Å². The number of piperazine rings is 1. The summed E-state index contributed by atoms with van der Waals surface area (Å²) in [7, 11) is 2.64. The maximum Gasteiger partial charge on any atom is 0.416 e. The Balaban J connectivity index is 1.02. The van der Waals surface area contributed by atoms with Gasteiger partial charge in [-0.25, -0.2) is 4.98 Å². The number of pyridine rings is 1. The predicted molar refractivity (Wildman–Crippen MR) is 190 cm³/mol. The molecule has 50 heavy (non-hydrogen) atoms. The van der Waals surface area contributed by atoms with Crippen LogP contribution in [0.4, 0.5) is 18.9 Å². The van der Waals surface area contributed by atoms with Gasteiger partial charge in [0.1, 0.15) is 11.6 Å². The van der Waals surface area contributed by atoms with Crippen LogP contribution in [0.25, 0.3) is 16.9 Å². The van der Waals surface area contributed by atoms with Gasteiger partial charge in [-0.1, -0.05) is 26.4 Å². The van der Waals surface area contributed by atoms with E-state index in [9.17, 15) is 22.8 Å². The van der Waals surface area contributed by atoms with Gasteiger partial charge in [-0.3, -0.25) is 23.9 Å². The minimum atomic E-state index is -4.44. The van der Waals surface area contributed by atoms with E-state index >= 15 is 0 Å². The highest BCUT2D eigenvalue weighted by molar-refractivity contribution is 7.49. The highest BCUT2D eigenvalue weighted by atomic mass is 31.1. The Hall–Kier alpha value is -4.54. The number of alkyl halides is 3. The van der Waals surface area contributed by atoms with Gasteiger partial charge < -0.3 is 14.5 Å². The summed E-state index contributed by atoms with van der Waals surface area (Å²) < 4.78 is 47.0.